The highest BCUT2D eigenvalue weighted by atomic mass is 16.6. The molecule has 0 unspecified atom stereocenters. The molecule has 0 saturated carbocycles. The van der Waals surface area contributed by atoms with E-state index in [1.165, 1.54) is 5.39 Å². The van der Waals surface area contributed by atoms with Crippen molar-refractivity contribution in [1.82, 2.24) is 5.32 Å². The molecule has 0 fully saturated rings. The number of alkyl carbamates (subject to hydrolysis) is 1. The Labute approximate surface area is 213 Å². The molecule has 5 nitrogen and oxygen atoms in total. The summed E-state index contributed by atoms with van der Waals surface area (Å²) in [6.45, 7) is 10.2. The first kappa shape index (κ1) is 25.4. The van der Waals surface area contributed by atoms with E-state index in [-0.39, 0.29) is 24.9 Å². The minimum atomic E-state index is -0.448. The first-order valence-electron chi connectivity index (χ1n) is 12.5. The van der Waals surface area contributed by atoms with Crippen LogP contribution in [0.25, 0.3) is 21.5 Å². The van der Waals surface area contributed by atoms with Gasteiger partial charge in [0.1, 0.15) is 24.7 Å². The monoisotopic (exact) mass is 485 g/mol. The van der Waals surface area contributed by atoms with E-state index >= 15 is 0 Å². The Morgan fingerprint density at radius 1 is 0.778 bits per heavy atom. The molecule has 0 saturated heterocycles. The van der Waals surface area contributed by atoms with Crippen molar-refractivity contribution in [3.63, 3.8) is 0 Å². The van der Waals surface area contributed by atoms with Gasteiger partial charge in [0.05, 0.1) is 6.10 Å². The zero-order valence-corrected chi connectivity index (χ0v) is 21.8. The molecule has 0 atom stereocenters. The van der Waals surface area contributed by atoms with Crippen LogP contribution >= 0.6 is 0 Å². The fourth-order valence-corrected chi connectivity index (χ4v) is 4.30. The number of hydrogen-bond acceptors (Lipinski definition) is 4. The van der Waals surface area contributed by atoms with Crippen LogP contribution < -0.4 is 14.8 Å². The topological polar surface area (TPSA) is 56.8 Å². The number of nitrogens with one attached hydrogen (secondary N) is 1. The standard InChI is InChI=1S/C31H35NO4/c1-21(2)36-29-17-15-23-11-7-9-13-25(23)27(29)20-26-24-12-8-6-10-22(24)14-16-28(26)34-18-19-35-30(33)32-31(3,4)5/h6-17,21H,18-20H2,1-5H3,(H,32,33). The minimum Gasteiger partial charge on any atom is -0.491 e. The molecule has 0 radical (unpaired) electrons. The maximum Gasteiger partial charge on any atom is 0.407 e. The van der Waals surface area contributed by atoms with Crippen LogP contribution in [-0.2, 0) is 11.2 Å². The number of carbonyl (C=O) groups is 1. The van der Waals surface area contributed by atoms with Crippen LogP contribution in [0.5, 0.6) is 11.5 Å². The van der Waals surface area contributed by atoms with Crippen LogP contribution in [0, 0.1) is 0 Å². The van der Waals surface area contributed by atoms with Crippen LogP contribution in [0.4, 0.5) is 4.79 Å². The van der Waals surface area contributed by atoms with E-state index in [2.05, 4.69) is 59.9 Å². The van der Waals surface area contributed by atoms with E-state index in [4.69, 9.17) is 14.2 Å². The average molecular weight is 486 g/mol. The highest BCUT2D eigenvalue weighted by Gasteiger charge is 2.17. The zero-order valence-electron chi connectivity index (χ0n) is 21.8. The third-order valence-electron chi connectivity index (χ3n) is 5.76. The molecule has 0 aliphatic rings. The Kier molecular flexibility index (Phi) is 7.68. The summed E-state index contributed by atoms with van der Waals surface area (Å²) in [4.78, 5) is 12.0. The van der Waals surface area contributed by atoms with E-state index in [0.29, 0.717) is 6.42 Å². The molecular weight excluding hydrogens is 450 g/mol. The molecule has 1 N–H and O–H groups in total. The maximum absolute atomic E-state index is 12.0. The second-order valence-corrected chi connectivity index (χ2v) is 10.2. The summed E-state index contributed by atoms with van der Waals surface area (Å²) >= 11 is 0. The van der Waals surface area contributed by atoms with Gasteiger partial charge < -0.3 is 19.5 Å². The Morgan fingerprint density at radius 2 is 1.33 bits per heavy atom. The van der Waals surface area contributed by atoms with Gasteiger partial charge in [-0.25, -0.2) is 4.79 Å². The lowest BCUT2D eigenvalue weighted by atomic mass is 9.93. The molecular formula is C31H35NO4. The lowest BCUT2D eigenvalue weighted by molar-refractivity contribution is 0.118. The van der Waals surface area contributed by atoms with Crippen molar-refractivity contribution in [3.8, 4) is 11.5 Å². The lowest BCUT2D eigenvalue weighted by Crippen LogP contribution is -2.41. The van der Waals surface area contributed by atoms with Crippen LogP contribution in [0.3, 0.4) is 0 Å². The average Bonchev–Trinajstić information content (AvgIpc) is 2.82. The van der Waals surface area contributed by atoms with Crippen molar-refractivity contribution in [2.24, 2.45) is 0 Å². The predicted octanol–water partition coefficient (Wildman–Crippen LogP) is 7.27. The number of hydrogen-bond donors (Lipinski definition) is 1. The smallest absolute Gasteiger partial charge is 0.407 e. The molecule has 4 aromatic carbocycles. The van der Waals surface area contributed by atoms with Gasteiger partial charge in [0, 0.05) is 23.1 Å². The summed E-state index contributed by atoms with van der Waals surface area (Å²) in [5.41, 5.74) is 1.86. The van der Waals surface area contributed by atoms with Gasteiger partial charge >= 0.3 is 6.09 Å². The van der Waals surface area contributed by atoms with Crippen LogP contribution in [0.1, 0.15) is 45.7 Å². The van der Waals surface area contributed by atoms with Crippen molar-refractivity contribution in [1.29, 1.82) is 0 Å². The summed E-state index contributed by atoms with van der Waals surface area (Å²) in [5, 5.41) is 7.40. The normalized spacial score (nSPS) is 11.6. The van der Waals surface area contributed by atoms with E-state index in [9.17, 15) is 4.79 Å². The number of benzene rings is 4. The van der Waals surface area contributed by atoms with Crippen molar-refractivity contribution < 1.29 is 19.0 Å². The van der Waals surface area contributed by atoms with Crippen molar-refractivity contribution in [2.45, 2.75) is 52.7 Å². The summed E-state index contributed by atoms with van der Waals surface area (Å²) < 4.78 is 17.7. The van der Waals surface area contributed by atoms with E-state index in [1.807, 2.05) is 52.8 Å². The molecule has 0 heterocycles. The van der Waals surface area contributed by atoms with Crippen molar-refractivity contribution in [2.75, 3.05) is 13.2 Å². The van der Waals surface area contributed by atoms with Gasteiger partial charge in [0.15, 0.2) is 0 Å². The first-order valence-corrected chi connectivity index (χ1v) is 12.5. The highest BCUT2D eigenvalue weighted by Crippen LogP contribution is 2.36. The lowest BCUT2D eigenvalue weighted by Gasteiger charge is -2.21. The molecule has 0 aliphatic carbocycles. The fraction of sp³-hybridized carbons (Fsp3) is 0.323. The van der Waals surface area contributed by atoms with Gasteiger partial charge in [0.2, 0.25) is 0 Å². The Hall–Kier alpha value is -3.73. The van der Waals surface area contributed by atoms with Crippen molar-refractivity contribution in [3.05, 3.63) is 83.9 Å². The summed E-state index contributed by atoms with van der Waals surface area (Å²) in [6, 6.07) is 24.9. The van der Waals surface area contributed by atoms with E-state index < -0.39 is 6.09 Å². The van der Waals surface area contributed by atoms with Crippen molar-refractivity contribution >= 4 is 27.6 Å². The molecule has 4 aromatic rings. The summed E-state index contributed by atoms with van der Waals surface area (Å²) in [5.74, 6) is 1.65. The van der Waals surface area contributed by atoms with Gasteiger partial charge in [-0.2, -0.15) is 0 Å². The SMILES string of the molecule is CC(C)Oc1ccc2ccccc2c1Cc1c(OCCOC(=O)NC(C)(C)C)ccc2ccccc12. The molecule has 0 spiro atoms. The minimum absolute atomic E-state index is 0.0598. The number of ether oxygens (including phenoxy) is 3. The second-order valence-electron chi connectivity index (χ2n) is 10.2. The first-order chi connectivity index (χ1) is 17.2. The van der Waals surface area contributed by atoms with Gasteiger partial charge in [-0.15, -0.1) is 0 Å². The van der Waals surface area contributed by atoms with Crippen LogP contribution in [0.2, 0.25) is 0 Å². The fourth-order valence-electron chi connectivity index (χ4n) is 4.30. The Morgan fingerprint density at radius 3 is 1.92 bits per heavy atom. The van der Waals surface area contributed by atoms with E-state index in [0.717, 1.165) is 38.8 Å². The molecule has 5 heteroatoms. The Bertz CT molecular complexity index is 1350. The quantitative estimate of drug-likeness (QED) is 0.267. The van der Waals surface area contributed by atoms with Crippen LogP contribution in [0.15, 0.2) is 72.8 Å². The predicted molar refractivity (Wildman–Crippen MR) is 146 cm³/mol. The van der Waals surface area contributed by atoms with Gasteiger partial charge in [-0.3, -0.25) is 0 Å². The number of rotatable bonds is 8. The molecule has 4 rings (SSSR count). The molecule has 188 valence electrons. The van der Waals surface area contributed by atoms with E-state index in [1.54, 1.807) is 0 Å². The molecule has 0 aromatic heterocycles. The highest BCUT2D eigenvalue weighted by molar-refractivity contribution is 5.91. The third kappa shape index (κ3) is 6.28. The summed E-state index contributed by atoms with van der Waals surface area (Å²) in [7, 11) is 0. The zero-order chi connectivity index (χ0) is 25.7. The molecule has 36 heavy (non-hydrogen) atoms. The number of amides is 1. The molecule has 0 aliphatic heterocycles. The second kappa shape index (κ2) is 10.9. The number of fused-ring (bicyclic) bond motifs is 2. The third-order valence-corrected chi connectivity index (χ3v) is 5.76. The molecule has 1 amide bonds. The van der Waals surface area contributed by atoms with Crippen LogP contribution in [-0.4, -0.2) is 30.9 Å². The van der Waals surface area contributed by atoms with Gasteiger partial charge in [0.25, 0.3) is 0 Å². The largest absolute Gasteiger partial charge is 0.491 e. The summed E-state index contributed by atoms with van der Waals surface area (Å²) in [6.07, 6.45) is 0.256. The molecule has 0 bridgehead atoms. The Balaban J connectivity index is 1.66. The maximum atomic E-state index is 12.0. The van der Waals surface area contributed by atoms with Gasteiger partial charge in [-0.05, 0) is 68.3 Å². The number of carbonyl (C=O) groups excluding carboxylic acids is 1. The van der Waals surface area contributed by atoms with Gasteiger partial charge in [-0.1, -0.05) is 60.7 Å².